The maximum Gasteiger partial charge on any atom is 0.0540 e. The van der Waals surface area contributed by atoms with Gasteiger partial charge in [-0.2, -0.15) is 0 Å². The Labute approximate surface area is 344 Å². The molecule has 11 rings (SSSR count). The van der Waals surface area contributed by atoms with Crippen LogP contribution >= 0.6 is 0 Å². The molecule has 0 amide bonds. The fraction of sp³-hybridized carbons (Fsp3) is 0. The summed E-state index contributed by atoms with van der Waals surface area (Å²) in [6.45, 7) is 0. The Bertz CT molecular complexity index is 3310. The molecule has 0 spiro atoms. The molecule has 1 nitrogen and oxygen atoms in total. The lowest BCUT2D eigenvalue weighted by Gasteiger charge is -2.29. The number of para-hydroxylation sites is 1. The summed E-state index contributed by atoms with van der Waals surface area (Å²) in [5.74, 6) is 0. The Morgan fingerprint density at radius 2 is 0.763 bits per heavy atom. The van der Waals surface area contributed by atoms with Gasteiger partial charge in [-0.25, -0.2) is 0 Å². The SMILES string of the molecule is c1ccc(-c2cc(N(c3ccc(-c4cccc5ccccc45)cc3)c3ccccc3-c3ccccc3)ccc2-c2cc3ccc4ccccc4c3c3ccccc23)cc1. The molecular weight excluding hydrogens is 711 g/mol. The summed E-state index contributed by atoms with van der Waals surface area (Å²) < 4.78 is 0. The van der Waals surface area contributed by atoms with Crippen LogP contribution in [0.3, 0.4) is 0 Å². The average Bonchev–Trinajstić information content (AvgIpc) is 3.32. The molecule has 11 aromatic rings. The monoisotopic (exact) mass is 749 g/mol. The summed E-state index contributed by atoms with van der Waals surface area (Å²) in [4.78, 5) is 2.43. The van der Waals surface area contributed by atoms with Gasteiger partial charge in [-0.05, 0) is 118 Å². The highest BCUT2D eigenvalue weighted by Crippen LogP contribution is 2.46. The van der Waals surface area contributed by atoms with E-state index in [9.17, 15) is 0 Å². The van der Waals surface area contributed by atoms with Gasteiger partial charge in [0.2, 0.25) is 0 Å². The standard InChI is InChI=1S/C58H39N/c1-3-16-41(17-4-1)50-24-13-14-29-57(50)59(46-34-32-44(33-35-46)49-28-15-22-40-20-7-9-23-48(40)49)47-36-37-53(55(39-47)42-18-5-2-6-19-42)56-38-45-31-30-43-21-8-10-25-51(43)58(45)54-27-12-11-26-52(54)56/h1-39H. The van der Waals surface area contributed by atoms with E-state index >= 15 is 0 Å². The van der Waals surface area contributed by atoms with Crippen molar-refractivity contribution >= 4 is 60.2 Å². The second kappa shape index (κ2) is 14.6. The van der Waals surface area contributed by atoms with Crippen molar-refractivity contribution in [3.05, 3.63) is 237 Å². The molecule has 0 unspecified atom stereocenters. The van der Waals surface area contributed by atoms with Gasteiger partial charge in [-0.1, -0.05) is 200 Å². The van der Waals surface area contributed by atoms with E-state index in [2.05, 4.69) is 241 Å². The summed E-state index contributed by atoms with van der Waals surface area (Å²) in [6, 6.07) is 86.3. The second-order valence-corrected chi connectivity index (χ2v) is 15.2. The molecule has 0 N–H and O–H groups in total. The van der Waals surface area contributed by atoms with Crippen molar-refractivity contribution in [2.75, 3.05) is 4.90 Å². The zero-order valence-electron chi connectivity index (χ0n) is 32.5. The van der Waals surface area contributed by atoms with E-state index in [1.54, 1.807) is 0 Å². The molecule has 0 aliphatic carbocycles. The lowest BCUT2D eigenvalue weighted by atomic mass is 9.87. The first-order valence-corrected chi connectivity index (χ1v) is 20.3. The van der Waals surface area contributed by atoms with Crippen molar-refractivity contribution in [2.45, 2.75) is 0 Å². The van der Waals surface area contributed by atoms with Crippen molar-refractivity contribution in [1.29, 1.82) is 0 Å². The van der Waals surface area contributed by atoms with E-state index in [4.69, 9.17) is 0 Å². The van der Waals surface area contributed by atoms with Gasteiger partial charge in [0.25, 0.3) is 0 Å². The summed E-state index contributed by atoms with van der Waals surface area (Å²) in [5, 5.41) is 10.1. The normalized spacial score (nSPS) is 11.4. The van der Waals surface area contributed by atoms with E-state index in [1.807, 2.05) is 0 Å². The highest BCUT2D eigenvalue weighted by Gasteiger charge is 2.21. The first kappa shape index (κ1) is 34.5. The lowest BCUT2D eigenvalue weighted by Crippen LogP contribution is -2.11. The van der Waals surface area contributed by atoms with E-state index < -0.39 is 0 Å². The van der Waals surface area contributed by atoms with Crippen LogP contribution in [0.4, 0.5) is 17.1 Å². The van der Waals surface area contributed by atoms with Crippen molar-refractivity contribution in [2.24, 2.45) is 0 Å². The van der Waals surface area contributed by atoms with Crippen LogP contribution in [-0.2, 0) is 0 Å². The predicted molar refractivity (Wildman–Crippen MR) is 253 cm³/mol. The molecule has 0 aromatic heterocycles. The molecule has 0 aliphatic heterocycles. The minimum absolute atomic E-state index is 1.09. The number of fused-ring (bicyclic) bond motifs is 6. The van der Waals surface area contributed by atoms with Crippen LogP contribution < -0.4 is 4.90 Å². The molecule has 0 bridgehead atoms. The predicted octanol–water partition coefficient (Wildman–Crippen LogP) is 16.4. The van der Waals surface area contributed by atoms with E-state index in [0.717, 1.165) is 17.1 Å². The maximum atomic E-state index is 2.43. The van der Waals surface area contributed by atoms with Gasteiger partial charge in [0.15, 0.2) is 0 Å². The number of nitrogens with zero attached hydrogens (tertiary/aromatic N) is 1. The third kappa shape index (κ3) is 6.12. The Morgan fingerprint density at radius 1 is 0.237 bits per heavy atom. The summed E-state index contributed by atoms with van der Waals surface area (Å²) in [6.07, 6.45) is 0. The molecule has 1 heteroatoms. The average molecular weight is 750 g/mol. The second-order valence-electron chi connectivity index (χ2n) is 15.2. The van der Waals surface area contributed by atoms with Crippen molar-refractivity contribution in [1.82, 2.24) is 0 Å². The molecule has 59 heavy (non-hydrogen) atoms. The van der Waals surface area contributed by atoms with Crippen LogP contribution in [0.2, 0.25) is 0 Å². The smallest absolute Gasteiger partial charge is 0.0540 e. The number of hydrogen-bond donors (Lipinski definition) is 0. The lowest BCUT2D eigenvalue weighted by molar-refractivity contribution is 1.28. The van der Waals surface area contributed by atoms with Crippen molar-refractivity contribution < 1.29 is 0 Å². The molecule has 0 aliphatic rings. The third-order valence-electron chi connectivity index (χ3n) is 11.8. The molecule has 0 saturated heterocycles. The van der Waals surface area contributed by atoms with Crippen LogP contribution in [-0.4, -0.2) is 0 Å². The molecule has 0 radical (unpaired) electrons. The van der Waals surface area contributed by atoms with Gasteiger partial charge in [-0.3, -0.25) is 0 Å². The zero-order valence-corrected chi connectivity index (χ0v) is 32.5. The van der Waals surface area contributed by atoms with Gasteiger partial charge in [0.05, 0.1) is 5.69 Å². The minimum Gasteiger partial charge on any atom is -0.310 e. The highest BCUT2D eigenvalue weighted by molar-refractivity contribution is 6.23. The van der Waals surface area contributed by atoms with Gasteiger partial charge in [0, 0.05) is 16.9 Å². The topological polar surface area (TPSA) is 3.24 Å². The van der Waals surface area contributed by atoms with Crippen LogP contribution in [0.25, 0.3) is 87.6 Å². The van der Waals surface area contributed by atoms with Gasteiger partial charge in [0.1, 0.15) is 0 Å². The fourth-order valence-electron chi connectivity index (χ4n) is 9.09. The summed E-state index contributed by atoms with van der Waals surface area (Å²) >= 11 is 0. The molecule has 276 valence electrons. The molecular formula is C58H39N. The fourth-order valence-corrected chi connectivity index (χ4v) is 9.09. The first-order valence-electron chi connectivity index (χ1n) is 20.3. The zero-order chi connectivity index (χ0) is 39.1. The minimum atomic E-state index is 1.09. The van der Waals surface area contributed by atoms with Gasteiger partial charge < -0.3 is 4.90 Å². The largest absolute Gasteiger partial charge is 0.310 e. The molecule has 0 saturated carbocycles. The van der Waals surface area contributed by atoms with Crippen LogP contribution in [0.1, 0.15) is 0 Å². The van der Waals surface area contributed by atoms with Crippen molar-refractivity contribution in [3.8, 4) is 44.5 Å². The first-order chi connectivity index (χ1) is 29.3. The highest BCUT2D eigenvalue weighted by atomic mass is 15.1. The molecule has 11 aromatic carbocycles. The number of hydrogen-bond acceptors (Lipinski definition) is 1. The van der Waals surface area contributed by atoms with Crippen LogP contribution in [0, 0.1) is 0 Å². The Kier molecular flexibility index (Phi) is 8.56. The van der Waals surface area contributed by atoms with Crippen LogP contribution in [0.5, 0.6) is 0 Å². The quantitative estimate of drug-likeness (QED) is 0.147. The number of rotatable bonds is 7. The summed E-state index contributed by atoms with van der Waals surface area (Å²) in [5.41, 5.74) is 12.9. The van der Waals surface area contributed by atoms with E-state index in [1.165, 1.54) is 87.6 Å². The number of anilines is 3. The summed E-state index contributed by atoms with van der Waals surface area (Å²) in [7, 11) is 0. The Hall–Kier alpha value is -7.74. The Morgan fingerprint density at radius 3 is 1.53 bits per heavy atom. The molecule has 0 fully saturated rings. The Balaban J connectivity index is 1.14. The van der Waals surface area contributed by atoms with Gasteiger partial charge in [-0.15, -0.1) is 0 Å². The number of benzene rings is 11. The van der Waals surface area contributed by atoms with E-state index in [-0.39, 0.29) is 0 Å². The van der Waals surface area contributed by atoms with Crippen LogP contribution in [0.15, 0.2) is 237 Å². The van der Waals surface area contributed by atoms with Gasteiger partial charge >= 0.3 is 0 Å². The maximum absolute atomic E-state index is 2.43. The molecule has 0 heterocycles. The van der Waals surface area contributed by atoms with E-state index in [0.29, 0.717) is 0 Å². The van der Waals surface area contributed by atoms with Crippen molar-refractivity contribution in [3.63, 3.8) is 0 Å². The third-order valence-corrected chi connectivity index (χ3v) is 11.8. The molecule has 0 atom stereocenters.